The van der Waals surface area contributed by atoms with E-state index in [-0.39, 0.29) is 17.3 Å². The fraction of sp³-hybridized carbons (Fsp3) is 0.474. The third-order valence-corrected chi connectivity index (χ3v) is 5.86. The van der Waals surface area contributed by atoms with E-state index >= 15 is 0 Å². The van der Waals surface area contributed by atoms with E-state index in [0.717, 1.165) is 23.7 Å². The maximum Gasteiger partial charge on any atom is 0.290 e. The fourth-order valence-electron chi connectivity index (χ4n) is 3.46. The van der Waals surface area contributed by atoms with Crippen molar-refractivity contribution >= 4 is 40.6 Å². The van der Waals surface area contributed by atoms with Crippen LogP contribution in [0.2, 0.25) is 5.02 Å². The first-order valence-corrected chi connectivity index (χ1v) is 9.97. The van der Waals surface area contributed by atoms with Gasteiger partial charge in [0.25, 0.3) is 11.1 Å². The highest BCUT2D eigenvalue weighted by Gasteiger charge is 2.26. The van der Waals surface area contributed by atoms with E-state index in [9.17, 15) is 9.59 Å². The second-order valence-electron chi connectivity index (χ2n) is 6.50. The second-order valence-corrected chi connectivity index (χ2v) is 7.93. The van der Waals surface area contributed by atoms with Gasteiger partial charge in [0.1, 0.15) is 11.9 Å². The summed E-state index contributed by atoms with van der Waals surface area (Å²) in [5, 5.41) is 2.42. The molecule has 0 radical (unpaired) electrons. The number of thioether (sulfide) groups is 1. The summed E-state index contributed by atoms with van der Waals surface area (Å²) in [6, 6.07) is 5.48. The van der Waals surface area contributed by atoms with Crippen molar-refractivity contribution in [2.24, 2.45) is 5.92 Å². The molecule has 1 heterocycles. The number of nitrogens with one attached hydrogen (secondary N) is 1. The summed E-state index contributed by atoms with van der Waals surface area (Å²) in [6.07, 6.45) is 9.15. The SMILES string of the molecule is CCC(Oc1ccc(C=C2SC(=O)NC2=O)cc1Cl)C1CCCCC1. The molecule has 1 saturated heterocycles. The molecular formula is C19H22ClNO3S. The topological polar surface area (TPSA) is 55.4 Å². The van der Waals surface area contributed by atoms with Gasteiger partial charge in [-0.3, -0.25) is 14.9 Å². The van der Waals surface area contributed by atoms with Gasteiger partial charge in [0.15, 0.2) is 0 Å². The standard InChI is InChI=1S/C19H22ClNO3S/c1-2-15(13-6-4-3-5-7-13)24-16-9-8-12(10-14(16)20)11-17-18(22)21-19(23)25-17/h8-11,13,15H,2-7H2,1H3,(H,21,22,23). The first kappa shape index (κ1) is 18.3. The molecule has 0 aromatic heterocycles. The summed E-state index contributed by atoms with van der Waals surface area (Å²) in [5.74, 6) is 0.914. The summed E-state index contributed by atoms with van der Waals surface area (Å²) in [4.78, 5) is 23.2. The number of ether oxygens (including phenoxy) is 1. The van der Waals surface area contributed by atoms with Crippen LogP contribution in [0.25, 0.3) is 6.08 Å². The molecule has 2 amide bonds. The van der Waals surface area contributed by atoms with Gasteiger partial charge in [-0.2, -0.15) is 0 Å². The first-order chi connectivity index (χ1) is 12.1. The lowest BCUT2D eigenvalue weighted by atomic mass is 9.84. The Bertz CT molecular complexity index is 698. The molecule has 4 nitrogen and oxygen atoms in total. The monoisotopic (exact) mass is 379 g/mol. The molecule has 1 aromatic carbocycles. The van der Waals surface area contributed by atoms with Crippen molar-refractivity contribution in [1.29, 1.82) is 0 Å². The van der Waals surface area contributed by atoms with Crippen LogP contribution in [-0.2, 0) is 4.79 Å². The average molecular weight is 380 g/mol. The molecule has 3 rings (SSSR count). The second kappa shape index (κ2) is 8.28. The minimum atomic E-state index is -0.366. The van der Waals surface area contributed by atoms with Gasteiger partial charge in [0, 0.05) is 0 Å². The Labute approximate surface area is 157 Å². The highest BCUT2D eigenvalue weighted by molar-refractivity contribution is 8.18. The summed E-state index contributed by atoms with van der Waals surface area (Å²) < 4.78 is 6.21. The van der Waals surface area contributed by atoms with E-state index in [1.165, 1.54) is 32.1 Å². The molecule has 0 bridgehead atoms. The van der Waals surface area contributed by atoms with Crippen molar-refractivity contribution in [2.75, 3.05) is 0 Å². The zero-order chi connectivity index (χ0) is 17.8. The van der Waals surface area contributed by atoms with E-state index < -0.39 is 0 Å². The third-order valence-electron chi connectivity index (χ3n) is 4.75. The number of benzene rings is 1. The molecule has 1 unspecified atom stereocenters. The van der Waals surface area contributed by atoms with Crippen LogP contribution in [0.5, 0.6) is 5.75 Å². The molecule has 1 aliphatic carbocycles. The molecule has 1 aliphatic heterocycles. The van der Waals surface area contributed by atoms with Crippen molar-refractivity contribution in [3.8, 4) is 5.75 Å². The Hall–Kier alpha value is -1.46. The molecule has 2 aliphatic rings. The van der Waals surface area contributed by atoms with E-state index in [1.807, 2.05) is 12.1 Å². The summed E-state index contributed by atoms with van der Waals surface area (Å²) in [7, 11) is 0. The van der Waals surface area contributed by atoms with Gasteiger partial charge in [-0.1, -0.05) is 43.9 Å². The maximum atomic E-state index is 11.6. The lowest BCUT2D eigenvalue weighted by Crippen LogP contribution is -2.28. The Morgan fingerprint density at radius 2 is 2.08 bits per heavy atom. The van der Waals surface area contributed by atoms with Crippen LogP contribution in [-0.4, -0.2) is 17.3 Å². The smallest absolute Gasteiger partial charge is 0.290 e. The highest BCUT2D eigenvalue weighted by atomic mass is 35.5. The zero-order valence-electron chi connectivity index (χ0n) is 14.2. The number of amides is 2. The first-order valence-electron chi connectivity index (χ1n) is 8.78. The highest BCUT2D eigenvalue weighted by Crippen LogP contribution is 2.34. The van der Waals surface area contributed by atoms with Gasteiger partial charge in [0.05, 0.1) is 9.93 Å². The van der Waals surface area contributed by atoms with Gasteiger partial charge in [0.2, 0.25) is 0 Å². The van der Waals surface area contributed by atoms with E-state index in [1.54, 1.807) is 12.1 Å². The van der Waals surface area contributed by atoms with Crippen molar-refractivity contribution in [2.45, 2.75) is 51.6 Å². The Balaban J connectivity index is 1.72. The predicted octanol–water partition coefficient (Wildman–Crippen LogP) is 5.40. The normalized spacial score (nSPS) is 21.4. The van der Waals surface area contributed by atoms with Crippen molar-refractivity contribution in [3.63, 3.8) is 0 Å². The molecule has 134 valence electrons. The molecular weight excluding hydrogens is 358 g/mol. The fourth-order valence-corrected chi connectivity index (χ4v) is 4.37. The number of hydrogen-bond donors (Lipinski definition) is 1. The summed E-state index contributed by atoms with van der Waals surface area (Å²) in [5.41, 5.74) is 0.774. The van der Waals surface area contributed by atoms with Crippen LogP contribution in [0.1, 0.15) is 51.0 Å². The van der Waals surface area contributed by atoms with Gasteiger partial charge in [-0.15, -0.1) is 0 Å². The lowest BCUT2D eigenvalue weighted by Gasteiger charge is -2.30. The quantitative estimate of drug-likeness (QED) is 0.695. The summed E-state index contributed by atoms with van der Waals surface area (Å²) in [6.45, 7) is 2.15. The summed E-state index contributed by atoms with van der Waals surface area (Å²) >= 11 is 7.29. The van der Waals surface area contributed by atoms with Gasteiger partial charge in [-0.25, -0.2) is 0 Å². The third kappa shape index (κ3) is 4.59. The Kier molecular flexibility index (Phi) is 6.07. The van der Waals surface area contributed by atoms with Crippen LogP contribution in [0.15, 0.2) is 23.1 Å². The zero-order valence-corrected chi connectivity index (χ0v) is 15.8. The van der Waals surface area contributed by atoms with Crippen LogP contribution in [0.4, 0.5) is 4.79 Å². The van der Waals surface area contributed by atoms with Crippen LogP contribution < -0.4 is 10.1 Å². The predicted molar refractivity (Wildman–Crippen MR) is 102 cm³/mol. The van der Waals surface area contributed by atoms with Crippen molar-refractivity contribution in [3.05, 3.63) is 33.7 Å². The molecule has 2 fully saturated rings. The van der Waals surface area contributed by atoms with Crippen LogP contribution in [0, 0.1) is 5.92 Å². The van der Waals surface area contributed by atoms with Crippen LogP contribution in [0.3, 0.4) is 0 Å². The minimum Gasteiger partial charge on any atom is -0.489 e. The lowest BCUT2D eigenvalue weighted by molar-refractivity contribution is -0.115. The van der Waals surface area contributed by atoms with Crippen LogP contribution >= 0.6 is 23.4 Å². The largest absolute Gasteiger partial charge is 0.489 e. The maximum absolute atomic E-state index is 11.6. The molecule has 6 heteroatoms. The molecule has 1 aromatic rings. The molecule has 0 spiro atoms. The van der Waals surface area contributed by atoms with E-state index in [0.29, 0.717) is 21.6 Å². The number of imide groups is 1. The van der Waals surface area contributed by atoms with Crippen molar-refractivity contribution < 1.29 is 14.3 Å². The number of halogens is 1. The Morgan fingerprint density at radius 3 is 2.68 bits per heavy atom. The molecule has 1 saturated carbocycles. The van der Waals surface area contributed by atoms with E-state index in [2.05, 4.69) is 12.2 Å². The Morgan fingerprint density at radius 1 is 1.32 bits per heavy atom. The minimum absolute atomic E-state index is 0.191. The molecule has 1 N–H and O–H groups in total. The van der Waals surface area contributed by atoms with Gasteiger partial charge in [-0.05, 0) is 60.7 Å². The number of carbonyl (C=O) groups is 2. The number of rotatable bonds is 5. The van der Waals surface area contributed by atoms with Gasteiger partial charge >= 0.3 is 0 Å². The number of hydrogen-bond acceptors (Lipinski definition) is 4. The van der Waals surface area contributed by atoms with E-state index in [4.69, 9.17) is 16.3 Å². The average Bonchev–Trinajstić information content (AvgIpc) is 2.92. The number of carbonyl (C=O) groups excluding carboxylic acids is 2. The molecule has 1 atom stereocenters. The molecule has 25 heavy (non-hydrogen) atoms. The van der Waals surface area contributed by atoms with Gasteiger partial charge < -0.3 is 4.74 Å². The van der Waals surface area contributed by atoms with Crippen molar-refractivity contribution in [1.82, 2.24) is 5.32 Å².